The van der Waals surface area contributed by atoms with E-state index in [2.05, 4.69) is 6.20 Å². The zero-order valence-corrected chi connectivity index (χ0v) is 15.1. The normalized spacial score (nSPS) is 17.8. The lowest BCUT2D eigenvalue weighted by Crippen LogP contribution is -2.02. The molecule has 0 spiro atoms. The summed E-state index contributed by atoms with van der Waals surface area (Å²) in [6.45, 7) is 2.31. The lowest BCUT2D eigenvalue weighted by molar-refractivity contribution is 0.101. The molecule has 2 aliphatic heterocycles. The van der Waals surface area contributed by atoms with E-state index in [4.69, 9.17) is 4.74 Å². The minimum atomic E-state index is 0.00514. The van der Waals surface area contributed by atoms with Crippen LogP contribution in [-0.2, 0) is 4.74 Å². The quantitative estimate of drug-likeness (QED) is 0.498. The molecule has 4 nitrogen and oxygen atoms in total. The van der Waals surface area contributed by atoms with Crippen molar-refractivity contribution >= 4 is 11.6 Å². The van der Waals surface area contributed by atoms with Crippen molar-refractivity contribution in [3.63, 3.8) is 0 Å². The fourth-order valence-corrected chi connectivity index (χ4v) is 4.18. The molecule has 1 fully saturated rings. The summed E-state index contributed by atoms with van der Waals surface area (Å²) in [5.74, 6) is 0.0759. The predicted molar refractivity (Wildman–Crippen MR) is 103 cm³/mol. The summed E-state index contributed by atoms with van der Waals surface area (Å²) in [6, 6.07) is 15.2. The van der Waals surface area contributed by atoms with E-state index in [0.717, 1.165) is 47.4 Å². The zero-order chi connectivity index (χ0) is 18.5. The van der Waals surface area contributed by atoms with E-state index in [9.17, 15) is 9.59 Å². The third kappa shape index (κ3) is 2.41. The average molecular weight is 357 g/mol. The summed E-state index contributed by atoms with van der Waals surface area (Å²) in [5.41, 5.74) is 5.94. The van der Waals surface area contributed by atoms with Gasteiger partial charge in [0.2, 0.25) is 5.78 Å². The molecule has 1 unspecified atom stereocenters. The molecule has 1 atom stereocenters. The molecule has 27 heavy (non-hydrogen) atoms. The number of benzene rings is 2. The fourth-order valence-electron chi connectivity index (χ4n) is 4.18. The van der Waals surface area contributed by atoms with Crippen molar-refractivity contribution in [2.45, 2.75) is 25.9 Å². The van der Waals surface area contributed by atoms with Gasteiger partial charge >= 0.3 is 0 Å². The second kappa shape index (κ2) is 6.03. The maximum atomic E-state index is 13.2. The van der Waals surface area contributed by atoms with Crippen molar-refractivity contribution in [1.82, 2.24) is 4.57 Å². The third-order valence-electron chi connectivity index (χ3n) is 5.51. The number of hydrogen-bond donors (Lipinski definition) is 0. The van der Waals surface area contributed by atoms with Crippen LogP contribution in [0.5, 0.6) is 0 Å². The number of para-hydroxylation sites is 1. The average Bonchev–Trinajstić information content (AvgIpc) is 3.39. The van der Waals surface area contributed by atoms with Gasteiger partial charge in [-0.15, -0.1) is 0 Å². The van der Waals surface area contributed by atoms with Gasteiger partial charge in [-0.1, -0.05) is 36.4 Å². The Hall–Kier alpha value is -2.98. The topological polar surface area (TPSA) is 48.3 Å². The second-order valence-corrected chi connectivity index (χ2v) is 7.16. The van der Waals surface area contributed by atoms with Crippen LogP contribution in [0.2, 0.25) is 0 Å². The first-order chi connectivity index (χ1) is 13.1. The molecule has 0 bridgehead atoms. The SMILES string of the molecule is CC(=O)c1ccc(-c2c(C3CCCO3)cn3c2C(=O)c2ccccc2-3)cc1. The number of aromatic nitrogens is 1. The fraction of sp³-hybridized carbons (Fsp3) is 0.217. The molecule has 3 aromatic rings. The number of ether oxygens (including phenoxy) is 1. The number of Topliss-reactive ketones (excluding diaryl/α,β-unsaturated/α-hetero) is 1. The van der Waals surface area contributed by atoms with Gasteiger partial charge in [-0.2, -0.15) is 0 Å². The summed E-state index contributed by atoms with van der Waals surface area (Å²) >= 11 is 0. The van der Waals surface area contributed by atoms with Gasteiger partial charge in [-0.05, 0) is 37.5 Å². The first-order valence-electron chi connectivity index (χ1n) is 9.27. The molecule has 134 valence electrons. The van der Waals surface area contributed by atoms with Gasteiger partial charge < -0.3 is 9.30 Å². The molecule has 0 N–H and O–H groups in total. The summed E-state index contributed by atoms with van der Waals surface area (Å²) in [7, 11) is 0. The smallest absolute Gasteiger partial charge is 0.212 e. The molecule has 4 heteroatoms. The highest BCUT2D eigenvalue weighted by atomic mass is 16.5. The van der Waals surface area contributed by atoms with Crippen LogP contribution >= 0.6 is 0 Å². The monoisotopic (exact) mass is 357 g/mol. The number of carbonyl (C=O) groups excluding carboxylic acids is 2. The molecule has 1 aromatic heterocycles. The highest BCUT2D eigenvalue weighted by Crippen LogP contribution is 2.43. The number of rotatable bonds is 3. The molecule has 0 aliphatic carbocycles. The highest BCUT2D eigenvalue weighted by Gasteiger charge is 2.35. The molecule has 0 amide bonds. The van der Waals surface area contributed by atoms with Crippen LogP contribution in [0.4, 0.5) is 0 Å². The van der Waals surface area contributed by atoms with Crippen molar-refractivity contribution < 1.29 is 14.3 Å². The summed E-state index contributed by atoms with van der Waals surface area (Å²) < 4.78 is 7.95. The molecule has 0 radical (unpaired) electrons. The van der Waals surface area contributed by atoms with E-state index in [1.54, 1.807) is 6.92 Å². The van der Waals surface area contributed by atoms with Crippen LogP contribution in [0.1, 0.15) is 57.8 Å². The Balaban J connectivity index is 1.73. The van der Waals surface area contributed by atoms with Gasteiger partial charge in [0.15, 0.2) is 5.78 Å². The number of ketones is 2. The number of nitrogens with zero attached hydrogens (tertiary/aromatic N) is 1. The van der Waals surface area contributed by atoms with Crippen molar-refractivity contribution in [2.24, 2.45) is 0 Å². The van der Waals surface area contributed by atoms with Crippen LogP contribution in [0.25, 0.3) is 16.8 Å². The zero-order valence-electron chi connectivity index (χ0n) is 15.1. The Kier molecular flexibility index (Phi) is 3.62. The second-order valence-electron chi connectivity index (χ2n) is 7.16. The Morgan fingerprint density at radius 2 is 1.89 bits per heavy atom. The van der Waals surface area contributed by atoms with Crippen molar-refractivity contribution in [3.05, 3.63) is 77.1 Å². The van der Waals surface area contributed by atoms with Crippen LogP contribution in [-0.4, -0.2) is 22.7 Å². The minimum absolute atomic E-state index is 0.00514. The van der Waals surface area contributed by atoms with Crippen LogP contribution in [0, 0.1) is 0 Å². The number of fused-ring (bicyclic) bond motifs is 3. The highest BCUT2D eigenvalue weighted by molar-refractivity contribution is 6.17. The Morgan fingerprint density at radius 1 is 1.11 bits per heavy atom. The van der Waals surface area contributed by atoms with Gasteiger partial charge in [0, 0.05) is 35.1 Å². The van der Waals surface area contributed by atoms with E-state index < -0.39 is 0 Å². The maximum Gasteiger partial charge on any atom is 0.212 e. The van der Waals surface area contributed by atoms with E-state index in [1.165, 1.54) is 0 Å². The summed E-state index contributed by atoms with van der Waals surface area (Å²) in [6.07, 6.45) is 4.05. The Labute approximate surface area is 157 Å². The first-order valence-corrected chi connectivity index (χ1v) is 9.27. The van der Waals surface area contributed by atoms with E-state index in [-0.39, 0.29) is 17.7 Å². The molecular weight excluding hydrogens is 338 g/mol. The van der Waals surface area contributed by atoms with Crippen molar-refractivity contribution in [2.75, 3.05) is 6.61 Å². The Morgan fingerprint density at radius 3 is 2.59 bits per heavy atom. The van der Waals surface area contributed by atoms with Crippen LogP contribution in [0.15, 0.2) is 54.7 Å². The molecule has 1 saturated heterocycles. The standard InChI is InChI=1S/C23H19NO3/c1-14(25)15-8-10-16(11-9-15)21-18(20-7-4-12-27-20)13-24-19-6-3-2-5-17(19)23(26)22(21)24/h2-3,5-6,8-11,13,20H,4,7,12H2,1H3. The maximum absolute atomic E-state index is 13.2. The van der Waals surface area contributed by atoms with Gasteiger partial charge in [-0.3, -0.25) is 9.59 Å². The molecule has 3 heterocycles. The lowest BCUT2D eigenvalue weighted by atomic mass is 9.94. The Bertz CT molecular complexity index is 1070. The molecule has 0 saturated carbocycles. The van der Waals surface area contributed by atoms with Crippen molar-refractivity contribution in [3.8, 4) is 16.8 Å². The van der Waals surface area contributed by atoms with E-state index >= 15 is 0 Å². The predicted octanol–water partition coefficient (Wildman–Crippen LogP) is 4.74. The van der Waals surface area contributed by atoms with Gasteiger partial charge in [0.25, 0.3) is 0 Å². The van der Waals surface area contributed by atoms with E-state index in [1.807, 2.05) is 53.1 Å². The minimum Gasteiger partial charge on any atom is -0.373 e. The van der Waals surface area contributed by atoms with Crippen LogP contribution in [0.3, 0.4) is 0 Å². The molecule has 5 rings (SSSR count). The molecular formula is C23H19NO3. The molecule has 2 aliphatic rings. The largest absolute Gasteiger partial charge is 0.373 e. The first kappa shape index (κ1) is 16.2. The number of carbonyl (C=O) groups is 2. The van der Waals surface area contributed by atoms with Gasteiger partial charge in [-0.25, -0.2) is 0 Å². The van der Waals surface area contributed by atoms with Crippen LogP contribution < -0.4 is 0 Å². The van der Waals surface area contributed by atoms with Gasteiger partial charge in [0.1, 0.15) is 5.69 Å². The lowest BCUT2D eigenvalue weighted by Gasteiger charge is -2.12. The summed E-state index contributed by atoms with van der Waals surface area (Å²) in [4.78, 5) is 24.8. The van der Waals surface area contributed by atoms with Crippen molar-refractivity contribution in [1.29, 1.82) is 0 Å². The van der Waals surface area contributed by atoms with E-state index in [0.29, 0.717) is 11.3 Å². The summed E-state index contributed by atoms with van der Waals surface area (Å²) in [5, 5.41) is 0. The molecule has 2 aromatic carbocycles. The number of hydrogen-bond acceptors (Lipinski definition) is 3. The third-order valence-corrected chi connectivity index (χ3v) is 5.51. The van der Waals surface area contributed by atoms with Gasteiger partial charge in [0.05, 0.1) is 11.8 Å².